The fourth-order valence-electron chi connectivity index (χ4n) is 4.30. The van der Waals surface area contributed by atoms with Crippen LogP contribution >= 0.6 is 34.8 Å². The molecule has 7 heteroatoms. The number of hydrogen-bond acceptors (Lipinski definition) is 3. The van der Waals surface area contributed by atoms with Gasteiger partial charge in [-0.1, -0.05) is 40.9 Å². The minimum atomic E-state index is -0.568. The minimum Gasteiger partial charge on any atom is -0.486 e. The zero-order chi connectivity index (χ0) is 22.3. The predicted molar refractivity (Wildman–Crippen MR) is 125 cm³/mol. The number of amides is 1. The summed E-state index contributed by atoms with van der Waals surface area (Å²) in [5.74, 6) is 0.580. The Hall–Kier alpha value is -2.01. The van der Waals surface area contributed by atoms with Crippen molar-refractivity contribution in [3.63, 3.8) is 0 Å². The van der Waals surface area contributed by atoms with Crippen LogP contribution < -0.4 is 4.74 Å². The lowest BCUT2D eigenvalue weighted by Gasteiger charge is -2.44. The number of fused-ring (bicyclic) bond motifs is 1. The van der Waals surface area contributed by atoms with Crippen molar-refractivity contribution in [3.8, 4) is 5.75 Å². The smallest absolute Gasteiger partial charge is 0.246 e. The number of aryl methyl sites for hydroxylation is 1. The number of carbonyl (C=O) groups is 2. The molecule has 0 unspecified atom stereocenters. The fourth-order valence-corrected chi connectivity index (χ4v) is 4.76. The number of nitrogens with zero attached hydrogens (tertiary/aromatic N) is 1. The van der Waals surface area contributed by atoms with Crippen LogP contribution in [0.4, 0.5) is 0 Å². The zero-order valence-electron chi connectivity index (χ0n) is 17.3. The first-order valence-corrected chi connectivity index (χ1v) is 11.3. The average Bonchev–Trinajstić information content (AvgIpc) is 2.73. The molecule has 2 aliphatic heterocycles. The Kier molecular flexibility index (Phi) is 6.08. The Morgan fingerprint density at radius 3 is 2.48 bits per heavy atom. The van der Waals surface area contributed by atoms with Crippen molar-refractivity contribution in [1.29, 1.82) is 0 Å². The van der Waals surface area contributed by atoms with Crippen molar-refractivity contribution >= 4 is 52.6 Å². The maximum atomic E-state index is 12.9. The van der Waals surface area contributed by atoms with Gasteiger partial charge in [-0.3, -0.25) is 9.59 Å². The molecule has 1 fully saturated rings. The number of ketones is 1. The molecule has 162 valence electrons. The average molecular weight is 479 g/mol. The summed E-state index contributed by atoms with van der Waals surface area (Å²) in [5, 5.41) is 1.53. The highest BCUT2D eigenvalue weighted by molar-refractivity contribution is 6.42. The van der Waals surface area contributed by atoms with Gasteiger partial charge in [0.1, 0.15) is 11.4 Å². The molecule has 0 aliphatic carbocycles. The molecule has 2 aromatic rings. The summed E-state index contributed by atoms with van der Waals surface area (Å²) in [6, 6.07) is 7.07. The van der Waals surface area contributed by atoms with Crippen molar-refractivity contribution in [2.24, 2.45) is 0 Å². The van der Waals surface area contributed by atoms with Gasteiger partial charge < -0.3 is 9.64 Å². The van der Waals surface area contributed by atoms with Crippen LogP contribution in [-0.4, -0.2) is 35.3 Å². The van der Waals surface area contributed by atoms with E-state index in [4.69, 9.17) is 39.5 Å². The molecule has 1 amide bonds. The molecule has 31 heavy (non-hydrogen) atoms. The Morgan fingerprint density at radius 1 is 1.10 bits per heavy atom. The molecule has 2 aliphatic rings. The summed E-state index contributed by atoms with van der Waals surface area (Å²) in [7, 11) is 0. The second-order valence-electron chi connectivity index (χ2n) is 8.22. The second kappa shape index (κ2) is 8.50. The normalized spacial score (nSPS) is 17.7. The number of piperidine rings is 1. The summed E-state index contributed by atoms with van der Waals surface area (Å²) in [4.78, 5) is 27.3. The zero-order valence-corrected chi connectivity index (χ0v) is 19.6. The monoisotopic (exact) mass is 477 g/mol. The van der Waals surface area contributed by atoms with Crippen LogP contribution in [0.5, 0.6) is 5.75 Å². The Labute approximate surface area is 196 Å². The molecular weight excluding hydrogens is 457 g/mol. The van der Waals surface area contributed by atoms with E-state index in [0.717, 1.165) is 16.7 Å². The molecule has 0 bridgehead atoms. The van der Waals surface area contributed by atoms with Gasteiger partial charge in [-0.15, -0.1) is 0 Å². The standard InChI is InChI=1S/C24H22Cl3NO3/c1-14-11-20-22(15(2)23(14)27)19(29)13-24(31-20)7-9-28(10-8-24)21(30)6-4-16-3-5-17(25)18(26)12-16/h3-6,11-12H,7-10,13H2,1-2H3/b6-4+. The summed E-state index contributed by atoms with van der Waals surface area (Å²) >= 11 is 18.3. The van der Waals surface area contributed by atoms with Crippen LogP contribution in [-0.2, 0) is 4.79 Å². The Morgan fingerprint density at radius 2 is 1.81 bits per heavy atom. The largest absolute Gasteiger partial charge is 0.486 e. The van der Waals surface area contributed by atoms with Crippen LogP contribution in [0.2, 0.25) is 15.1 Å². The lowest BCUT2D eigenvalue weighted by molar-refractivity contribution is -0.129. The van der Waals surface area contributed by atoms with Crippen LogP contribution in [0.15, 0.2) is 30.3 Å². The van der Waals surface area contributed by atoms with Crippen molar-refractivity contribution in [1.82, 2.24) is 4.90 Å². The van der Waals surface area contributed by atoms with Gasteiger partial charge in [0.25, 0.3) is 0 Å². The quantitative estimate of drug-likeness (QED) is 0.476. The van der Waals surface area contributed by atoms with E-state index in [-0.39, 0.29) is 11.7 Å². The maximum Gasteiger partial charge on any atom is 0.246 e. The van der Waals surface area contributed by atoms with E-state index in [1.807, 2.05) is 19.9 Å². The van der Waals surface area contributed by atoms with E-state index in [0.29, 0.717) is 58.7 Å². The van der Waals surface area contributed by atoms with E-state index in [2.05, 4.69) is 0 Å². The molecule has 0 aromatic heterocycles. The number of likely N-dealkylation sites (tertiary alicyclic amines) is 1. The first kappa shape index (κ1) is 22.2. The van der Waals surface area contributed by atoms with Gasteiger partial charge in [-0.2, -0.15) is 0 Å². The van der Waals surface area contributed by atoms with Gasteiger partial charge in [-0.05, 0) is 54.8 Å². The molecule has 0 saturated carbocycles. The van der Waals surface area contributed by atoms with E-state index in [1.165, 1.54) is 6.08 Å². The summed E-state index contributed by atoms with van der Waals surface area (Å²) < 4.78 is 6.37. The first-order valence-electron chi connectivity index (χ1n) is 10.1. The summed E-state index contributed by atoms with van der Waals surface area (Å²) in [6.07, 6.45) is 4.77. The van der Waals surface area contributed by atoms with Crippen LogP contribution in [0.25, 0.3) is 6.08 Å². The number of Topliss-reactive ketones (excluding diaryl/α,β-unsaturated/α-hetero) is 1. The molecule has 4 rings (SSSR count). The van der Waals surface area contributed by atoms with Crippen molar-refractivity contribution < 1.29 is 14.3 Å². The van der Waals surface area contributed by atoms with E-state index >= 15 is 0 Å². The van der Waals surface area contributed by atoms with Crippen molar-refractivity contribution in [2.75, 3.05) is 13.1 Å². The molecule has 1 spiro atoms. The SMILES string of the molecule is Cc1cc2c(c(C)c1Cl)C(=O)CC1(CCN(C(=O)/C=C/c3ccc(Cl)c(Cl)c3)CC1)O2. The Balaban J connectivity index is 1.44. The lowest BCUT2D eigenvalue weighted by atomic mass is 9.81. The molecule has 4 nitrogen and oxygen atoms in total. The Bertz CT molecular complexity index is 1100. The van der Waals surface area contributed by atoms with Gasteiger partial charge in [0.2, 0.25) is 5.91 Å². The highest BCUT2D eigenvalue weighted by atomic mass is 35.5. The van der Waals surface area contributed by atoms with Crippen LogP contribution in [0.3, 0.4) is 0 Å². The molecule has 0 N–H and O–H groups in total. The lowest BCUT2D eigenvalue weighted by Crippen LogP contribution is -2.52. The second-order valence-corrected chi connectivity index (χ2v) is 9.42. The number of ether oxygens (including phenoxy) is 1. The van der Waals surface area contributed by atoms with E-state index in [9.17, 15) is 9.59 Å². The minimum absolute atomic E-state index is 0.0555. The highest BCUT2D eigenvalue weighted by Crippen LogP contribution is 2.43. The van der Waals surface area contributed by atoms with Crippen molar-refractivity contribution in [2.45, 2.75) is 38.7 Å². The fraction of sp³-hybridized carbons (Fsp3) is 0.333. The highest BCUT2D eigenvalue weighted by Gasteiger charge is 2.44. The molecule has 0 radical (unpaired) electrons. The first-order chi connectivity index (χ1) is 14.7. The predicted octanol–water partition coefficient (Wildman–Crippen LogP) is 6.30. The molecule has 0 atom stereocenters. The third-order valence-electron chi connectivity index (χ3n) is 6.08. The van der Waals surface area contributed by atoms with Gasteiger partial charge in [0.05, 0.1) is 22.0 Å². The molecule has 2 heterocycles. The van der Waals surface area contributed by atoms with Gasteiger partial charge >= 0.3 is 0 Å². The van der Waals surface area contributed by atoms with E-state index in [1.54, 1.807) is 29.2 Å². The van der Waals surface area contributed by atoms with Crippen LogP contribution in [0.1, 0.15) is 46.3 Å². The number of halogens is 3. The number of hydrogen-bond donors (Lipinski definition) is 0. The number of carbonyl (C=O) groups excluding carboxylic acids is 2. The molecular formula is C24H22Cl3NO3. The number of benzene rings is 2. The third kappa shape index (κ3) is 4.34. The molecule has 1 saturated heterocycles. The maximum absolute atomic E-state index is 12.9. The summed E-state index contributed by atoms with van der Waals surface area (Å²) in [5.41, 5.74) is 2.49. The summed E-state index contributed by atoms with van der Waals surface area (Å²) in [6.45, 7) is 4.82. The van der Waals surface area contributed by atoms with E-state index < -0.39 is 5.60 Å². The third-order valence-corrected chi connectivity index (χ3v) is 7.40. The number of rotatable bonds is 2. The van der Waals surface area contributed by atoms with Crippen molar-refractivity contribution in [3.05, 3.63) is 67.7 Å². The van der Waals surface area contributed by atoms with Gasteiger partial charge in [-0.25, -0.2) is 0 Å². The van der Waals surface area contributed by atoms with Gasteiger partial charge in [0, 0.05) is 37.0 Å². The molecule has 2 aromatic carbocycles. The topological polar surface area (TPSA) is 46.6 Å². The van der Waals surface area contributed by atoms with Gasteiger partial charge in [0.15, 0.2) is 5.78 Å². The van der Waals surface area contributed by atoms with Crippen LogP contribution in [0, 0.1) is 13.8 Å².